The molecule has 0 unspecified atom stereocenters. The van der Waals surface area contributed by atoms with E-state index in [0.717, 1.165) is 5.56 Å². The van der Waals surface area contributed by atoms with Crippen molar-refractivity contribution in [3.8, 4) is 0 Å². The fourth-order valence-electron chi connectivity index (χ4n) is 2.46. The quantitative estimate of drug-likeness (QED) is 0.708. The first kappa shape index (κ1) is 17.7. The van der Waals surface area contributed by atoms with E-state index >= 15 is 0 Å². The monoisotopic (exact) mass is 357 g/mol. The van der Waals surface area contributed by atoms with Crippen molar-refractivity contribution >= 4 is 11.7 Å². The minimum Gasteiger partial charge on any atom is -0.320 e. The van der Waals surface area contributed by atoms with E-state index in [2.05, 4.69) is 15.6 Å². The molecule has 3 rings (SSSR count). The largest absolute Gasteiger partial charge is 0.320 e. The molecule has 8 heteroatoms. The highest BCUT2D eigenvalue weighted by Gasteiger charge is 2.16. The molecule has 6 nitrogen and oxygen atoms in total. The van der Waals surface area contributed by atoms with Gasteiger partial charge in [-0.2, -0.15) is 0 Å². The average molecular weight is 357 g/mol. The zero-order valence-corrected chi connectivity index (χ0v) is 13.8. The molecule has 1 atom stereocenters. The van der Waals surface area contributed by atoms with Crippen molar-refractivity contribution in [1.29, 1.82) is 0 Å². The first-order valence-electron chi connectivity index (χ1n) is 7.96. The predicted molar refractivity (Wildman–Crippen MR) is 92.2 cm³/mol. The van der Waals surface area contributed by atoms with Gasteiger partial charge in [0.05, 0.1) is 18.8 Å². The van der Waals surface area contributed by atoms with Crippen LogP contribution in [0.3, 0.4) is 0 Å². The van der Waals surface area contributed by atoms with E-state index in [1.54, 1.807) is 0 Å². The summed E-state index contributed by atoms with van der Waals surface area (Å²) in [6.07, 6.45) is 1.76. The van der Waals surface area contributed by atoms with E-state index in [9.17, 15) is 13.6 Å². The molecule has 0 saturated heterocycles. The zero-order valence-electron chi connectivity index (χ0n) is 13.8. The van der Waals surface area contributed by atoms with Crippen molar-refractivity contribution in [2.45, 2.75) is 19.0 Å². The SMILES string of the molecule is N[C@@H](Cc1ccccc1)C(=O)Nc1cn(Cc2c(F)cccc2F)nn1. The molecule has 0 fully saturated rings. The van der Waals surface area contributed by atoms with Gasteiger partial charge in [-0.3, -0.25) is 4.79 Å². The van der Waals surface area contributed by atoms with E-state index in [-0.39, 0.29) is 17.9 Å². The number of hydrogen-bond donors (Lipinski definition) is 2. The number of aromatic nitrogens is 3. The molecule has 0 radical (unpaired) electrons. The number of rotatable bonds is 6. The summed E-state index contributed by atoms with van der Waals surface area (Å²) < 4.78 is 28.6. The number of benzene rings is 2. The number of anilines is 1. The van der Waals surface area contributed by atoms with Gasteiger partial charge < -0.3 is 11.1 Å². The lowest BCUT2D eigenvalue weighted by atomic mass is 10.1. The third kappa shape index (κ3) is 4.28. The van der Waals surface area contributed by atoms with Crippen molar-refractivity contribution in [1.82, 2.24) is 15.0 Å². The van der Waals surface area contributed by atoms with Crippen LogP contribution in [0.2, 0.25) is 0 Å². The van der Waals surface area contributed by atoms with Gasteiger partial charge in [0.2, 0.25) is 5.91 Å². The van der Waals surface area contributed by atoms with Crippen molar-refractivity contribution < 1.29 is 13.6 Å². The lowest BCUT2D eigenvalue weighted by Crippen LogP contribution is -2.37. The second-order valence-electron chi connectivity index (χ2n) is 5.79. The number of amides is 1. The summed E-state index contributed by atoms with van der Waals surface area (Å²) in [6, 6.07) is 12.2. The van der Waals surface area contributed by atoms with Crippen LogP contribution in [0.25, 0.3) is 0 Å². The highest BCUT2D eigenvalue weighted by atomic mass is 19.1. The number of hydrogen-bond acceptors (Lipinski definition) is 4. The summed E-state index contributed by atoms with van der Waals surface area (Å²) in [5.41, 5.74) is 6.71. The normalized spacial score (nSPS) is 12.0. The minimum absolute atomic E-state index is 0.129. The van der Waals surface area contributed by atoms with Crippen LogP contribution in [-0.2, 0) is 17.8 Å². The standard InChI is InChI=1S/C18H17F2N5O/c19-14-7-4-8-15(20)13(14)10-25-11-17(23-24-25)22-18(26)16(21)9-12-5-2-1-3-6-12/h1-8,11,16H,9-10,21H2,(H,22,26)/t16-/m0/s1. The first-order valence-corrected chi connectivity index (χ1v) is 7.96. The average Bonchev–Trinajstić information content (AvgIpc) is 3.06. The van der Waals surface area contributed by atoms with Crippen LogP contribution >= 0.6 is 0 Å². The van der Waals surface area contributed by atoms with E-state index in [0.29, 0.717) is 6.42 Å². The van der Waals surface area contributed by atoms with Crippen LogP contribution in [0.1, 0.15) is 11.1 Å². The number of nitrogens with two attached hydrogens (primary N) is 1. The van der Waals surface area contributed by atoms with Gasteiger partial charge in [0.15, 0.2) is 5.82 Å². The summed E-state index contributed by atoms with van der Waals surface area (Å²) in [6.45, 7) is -0.141. The van der Waals surface area contributed by atoms with Gasteiger partial charge in [0.1, 0.15) is 11.6 Å². The second-order valence-corrected chi connectivity index (χ2v) is 5.79. The third-order valence-electron chi connectivity index (χ3n) is 3.81. The Hall–Kier alpha value is -3.13. The predicted octanol–water partition coefficient (Wildman–Crippen LogP) is 2.11. The van der Waals surface area contributed by atoms with Crippen LogP contribution in [0.5, 0.6) is 0 Å². The third-order valence-corrected chi connectivity index (χ3v) is 3.81. The van der Waals surface area contributed by atoms with E-state index in [4.69, 9.17) is 5.73 Å². The lowest BCUT2D eigenvalue weighted by Gasteiger charge is -2.10. The minimum atomic E-state index is -0.758. The van der Waals surface area contributed by atoms with E-state index in [1.807, 2.05) is 30.3 Å². The van der Waals surface area contributed by atoms with Crippen LogP contribution < -0.4 is 11.1 Å². The van der Waals surface area contributed by atoms with Crippen molar-refractivity contribution in [3.63, 3.8) is 0 Å². The number of nitrogens with zero attached hydrogens (tertiary/aromatic N) is 3. The van der Waals surface area contributed by atoms with Crippen LogP contribution in [0.4, 0.5) is 14.6 Å². The highest BCUT2D eigenvalue weighted by molar-refractivity contribution is 5.93. The smallest absolute Gasteiger partial charge is 0.242 e. The van der Waals surface area contributed by atoms with Crippen molar-refractivity contribution in [3.05, 3.63) is 77.5 Å². The Balaban J connectivity index is 1.62. The maximum Gasteiger partial charge on any atom is 0.242 e. The molecule has 1 amide bonds. The molecule has 134 valence electrons. The molecule has 1 aromatic heterocycles. The second kappa shape index (κ2) is 7.83. The van der Waals surface area contributed by atoms with Crippen LogP contribution in [-0.4, -0.2) is 26.9 Å². The molecular formula is C18H17F2N5O. The molecule has 0 spiro atoms. The van der Waals surface area contributed by atoms with Gasteiger partial charge in [0, 0.05) is 5.56 Å². The van der Waals surface area contributed by atoms with Crippen LogP contribution in [0.15, 0.2) is 54.7 Å². The fourth-order valence-corrected chi connectivity index (χ4v) is 2.46. The van der Waals surface area contributed by atoms with Crippen molar-refractivity contribution in [2.24, 2.45) is 5.73 Å². The summed E-state index contributed by atoms with van der Waals surface area (Å²) >= 11 is 0. The molecule has 3 N–H and O–H groups in total. The zero-order chi connectivity index (χ0) is 18.5. The number of halogens is 2. The summed E-state index contributed by atoms with van der Waals surface area (Å²) in [5, 5.41) is 10.1. The molecule has 1 heterocycles. The van der Waals surface area contributed by atoms with Gasteiger partial charge in [-0.05, 0) is 24.1 Å². The topological polar surface area (TPSA) is 85.8 Å². The number of nitrogens with one attached hydrogen (secondary N) is 1. The molecule has 3 aromatic rings. The first-order chi connectivity index (χ1) is 12.5. The molecule has 0 saturated carbocycles. The molecular weight excluding hydrogens is 340 g/mol. The van der Waals surface area contributed by atoms with Gasteiger partial charge >= 0.3 is 0 Å². The Morgan fingerprint density at radius 2 is 1.81 bits per heavy atom. The van der Waals surface area contributed by atoms with Crippen LogP contribution in [0, 0.1) is 11.6 Å². The Morgan fingerprint density at radius 3 is 2.50 bits per heavy atom. The Bertz CT molecular complexity index is 877. The Labute approximate surface area is 148 Å². The van der Waals surface area contributed by atoms with Gasteiger partial charge in [-0.1, -0.05) is 41.6 Å². The Kier molecular flexibility index (Phi) is 5.33. The molecule has 26 heavy (non-hydrogen) atoms. The Morgan fingerprint density at radius 1 is 1.12 bits per heavy atom. The van der Waals surface area contributed by atoms with Crippen molar-refractivity contribution in [2.75, 3.05) is 5.32 Å². The summed E-state index contributed by atoms with van der Waals surface area (Å²) in [7, 11) is 0. The molecule has 0 aliphatic heterocycles. The maximum absolute atomic E-state index is 13.7. The highest BCUT2D eigenvalue weighted by Crippen LogP contribution is 2.14. The maximum atomic E-state index is 13.7. The molecule has 0 bridgehead atoms. The summed E-state index contributed by atoms with van der Waals surface area (Å²) in [5.74, 6) is -1.60. The molecule has 2 aromatic carbocycles. The molecule has 0 aliphatic rings. The van der Waals surface area contributed by atoms with Gasteiger partial charge in [0.25, 0.3) is 0 Å². The fraction of sp³-hybridized carbons (Fsp3) is 0.167. The summed E-state index contributed by atoms with van der Waals surface area (Å²) in [4.78, 5) is 12.2. The van der Waals surface area contributed by atoms with E-state index < -0.39 is 23.6 Å². The van der Waals surface area contributed by atoms with E-state index in [1.165, 1.54) is 29.1 Å². The molecule has 0 aliphatic carbocycles. The number of carbonyl (C=O) groups excluding carboxylic acids is 1. The number of carbonyl (C=O) groups is 1. The van der Waals surface area contributed by atoms with Gasteiger partial charge in [-0.25, -0.2) is 13.5 Å². The van der Waals surface area contributed by atoms with Gasteiger partial charge in [-0.15, -0.1) is 5.10 Å². The lowest BCUT2D eigenvalue weighted by molar-refractivity contribution is -0.117.